The summed E-state index contributed by atoms with van der Waals surface area (Å²) in [4.78, 5) is 23.7. The molecule has 2 rings (SSSR count). The van der Waals surface area contributed by atoms with Crippen LogP contribution in [0.25, 0.3) is 10.8 Å². The fourth-order valence-corrected chi connectivity index (χ4v) is 2.13. The highest BCUT2D eigenvalue weighted by molar-refractivity contribution is 6.14. The molecule has 0 N–H and O–H groups in total. The maximum atomic E-state index is 12.2. The fraction of sp³-hybridized carbons (Fsp3) is 0.250. The molecule has 0 saturated carbocycles. The molecule has 0 aliphatic heterocycles. The van der Waals surface area contributed by atoms with Crippen LogP contribution < -0.4 is 0 Å². The quantitative estimate of drug-likeness (QED) is 0.763. The molecule has 0 spiro atoms. The van der Waals surface area contributed by atoms with E-state index in [0.29, 0.717) is 11.1 Å². The minimum absolute atomic E-state index is 0.0229. The van der Waals surface area contributed by atoms with Crippen LogP contribution in [0.5, 0.6) is 0 Å². The second-order valence-corrected chi connectivity index (χ2v) is 4.78. The molecular weight excluding hydrogens is 224 g/mol. The van der Waals surface area contributed by atoms with Gasteiger partial charge in [-0.3, -0.25) is 9.59 Å². The van der Waals surface area contributed by atoms with Gasteiger partial charge in [-0.1, -0.05) is 50.2 Å². The predicted molar refractivity (Wildman–Crippen MR) is 73.1 cm³/mol. The predicted octanol–water partition coefficient (Wildman–Crippen LogP) is 3.88. The van der Waals surface area contributed by atoms with E-state index in [0.717, 1.165) is 10.8 Å². The molecule has 0 aromatic heterocycles. The van der Waals surface area contributed by atoms with Gasteiger partial charge in [-0.05, 0) is 17.7 Å². The Morgan fingerprint density at radius 3 is 1.89 bits per heavy atom. The molecule has 2 aromatic rings. The second kappa shape index (κ2) is 4.73. The van der Waals surface area contributed by atoms with Crippen molar-refractivity contribution in [3.05, 3.63) is 47.5 Å². The molecule has 2 aromatic carbocycles. The molecule has 0 bridgehead atoms. The number of rotatable bonds is 3. The van der Waals surface area contributed by atoms with Crippen molar-refractivity contribution in [3.63, 3.8) is 0 Å². The lowest BCUT2D eigenvalue weighted by Gasteiger charge is -2.10. The molecule has 0 heterocycles. The van der Waals surface area contributed by atoms with Crippen molar-refractivity contribution in [1.82, 2.24) is 0 Å². The molecule has 92 valence electrons. The van der Waals surface area contributed by atoms with Crippen LogP contribution >= 0.6 is 0 Å². The van der Waals surface area contributed by atoms with Crippen LogP contribution in [0, 0.1) is 5.92 Å². The number of hydrogen-bond donors (Lipinski definition) is 0. The summed E-state index contributed by atoms with van der Waals surface area (Å²) in [5.41, 5.74) is 1.37. The van der Waals surface area contributed by atoms with E-state index >= 15 is 0 Å². The summed E-state index contributed by atoms with van der Waals surface area (Å²) in [7, 11) is 0. The van der Waals surface area contributed by atoms with Gasteiger partial charge in [0.25, 0.3) is 0 Å². The van der Waals surface area contributed by atoms with Crippen molar-refractivity contribution >= 4 is 22.3 Å². The number of carbonyl (C=O) groups is 2. The van der Waals surface area contributed by atoms with Gasteiger partial charge >= 0.3 is 0 Å². The van der Waals surface area contributed by atoms with Crippen LogP contribution in [0.4, 0.5) is 0 Å². The summed E-state index contributed by atoms with van der Waals surface area (Å²) in [5.74, 6) is 0.0904. The summed E-state index contributed by atoms with van der Waals surface area (Å²) in [6.45, 7) is 5.32. The average Bonchev–Trinajstić information content (AvgIpc) is 2.36. The third-order valence-corrected chi connectivity index (χ3v) is 3.09. The number of carbonyl (C=O) groups excluding carboxylic acids is 2. The molecule has 18 heavy (non-hydrogen) atoms. The van der Waals surface area contributed by atoms with E-state index in [9.17, 15) is 9.59 Å². The standard InChI is InChI=1S/C16H16O2/c1-10(2)16(18)15-9-8-12(11(3)17)13-6-4-5-7-14(13)15/h4-10H,1-3H3. The van der Waals surface area contributed by atoms with Crippen molar-refractivity contribution in [1.29, 1.82) is 0 Å². The van der Waals surface area contributed by atoms with Gasteiger partial charge in [-0.15, -0.1) is 0 Å². The maximum Gasteiger partial charge on any atom is 0.166 e. The van der Waals surface area contributed by atoms with Crippen molar-refractivity contribution in [2.45, 2.75) is 20.8 Å². The van der Waals surface area contributed by atoms with Crippen molar-refractivity contribution in [2.24, 2.45) is 5.92 Å². The summed E-state index contributed by atoms with van der Waals surface area (Å²) in [6, 6.07) is 11.1. The largest absolute Gasteiger partial charge is 0.294 e. The van der Waals surface area contributed by atoms with E-state index < -0.39 is 0 Å². The van der Waals surface area contributed by atoms with Crippen LogP contribution in [0.15, 0.2) is 36.4 Å². The Kier molecular flexibility index (Phi) is 3.28. The Labute approximate surface area is 107 Å². The molecule has 2 heteroatoms. The Morgan fingerprint density at radius 2 is 1.39 bits per heavy atom. The number of benzene rings is 2. The Morgan fingerprint density at radius 1 is 0.889 bits per heavy atom. The van der Waals surface area contributed by atoms with E-state index in [1.807, 2.05) is 38.1 Å². The van der Waals surface area contributed by atoms with Gasteiger partial charge in [0.2, 0.25) is 0 Å². The SMILES string of the molecule is CC(=O)c1ccc(C(=O)C(C)C)c2ccccc12. The first-order chi connectivity index (χ1) is 8.52. The van der Waals surface area contributed by atoms with E-state index in [-0.39, 0.29) is 17.5 Å². The zero-order valence-electron chi connectivity index (χ0n) is 10.9. The summed E-state index contributed by atoms with van der Waals surface area (Å²) < 4.78 is 0. The van der Waals surface area contributed by atoms with Crippen LogP contribution in [0.2, 0.25) is 0 Å². The molecule has 0 atom stereocenters. The lowest BCUT2D eigenvalue weighted by atomic mass is 9.92. The highest BCUT2D eigenvalue weighted by Gasteiger charge is 2.16. The number of ketones is 2. The lowest BCUT2D eigenvalue weighted by Crippen LogP contribution is -2.09. The molecule has 0 aliphatic carbocycles. The van der Waals surface area contributed by atoms with Crippen LogP contribution in [-0.4, -0.2) is 11.6 Å². The highest BCUT2D eigenvalue weighted by atomic mass is 16.1. The molecular formula is C16H16O2. The maximum absolute atomic E-state index is 12.2. The first-order valence-electron chi connectivity index (χ1n) is 6.09. The third kappa shape index (κ3) is 2.06. The Hall–Kier alpha value is -1.96. The zero-order chi connectivity index (χ0) is 13.3. The number of fused-ring (bicyclic) bond motifs is 1. The normalized spacial score (nSPS) is 10.9. The average molecular weight is 240 g/mol. The van der Waals surface area contributed by atoms with Crippen LogP contribution in [0.1, 0.15) is 41.5 Å². The van der Waals surface area contributed by atoms with E-state index in [2.05, 4.69) is 0 Å². The molecule has 0 unspecified atom stereocenters. The Bertz CT molecular complexity index is 624. The smallest absolute Gasteiger partial charge is 0.166 e. The van der Waals surface area contributed by atoms with Crippen LogP contribution in [-0.2, 0) is 0 Å². The first kappa shape index (κ1) is 12.5. The summed E-state index contributed by atoms with van der Waals surface area (Å²) in [5, 5.41) is 1.72. The van der Waals surface area contributed by atoms with Crippen molar-refractivity contribution in [2.75, 3.05) is 0 Å². The van der Waals surface area contributed by atoms with E-state index in [4.69, 9.17) is 0 Å². The molecule has 0 saturated heterocycles. The van der Waals surface area contributed by atoms with Gasteiger partial charge < -0.3 is 0 Å². The molecule has 0 aliphatic rings. The molecule has 0 fully saturated rings. The van der Waals surface area contributed by atoms with E-state index in [1.165, 1.54) is 0 Å². The van der Waals surface area contributed by atoms with Gasteiger partial charge in [0.05, 0.1) is 0 Å². The minimum Gasteiger partial charge on any atom is -0.294 e. The summed E-state index contributed by atoms with van der Waals surface area (Å²) in [6.07, 6.45) is 0. The topological polar surface area (TPSA) is 34.1 Å². The second-order valence-electron chi connectivity index (χ2n) is 4.78. The van der Waals surface area contributed by atoms with Crippen LogP contribution in [0.3, 0.4) is 0 Å². The Balaban J connectivity index is 2.76. The number of hydrogen-bond acceptors (Lipinski definition) is 2. The van der Waals surface area contributed by atoms with Gasteiger partial charge in [0.1, 0.15) is 0 Å². The third-order valence-electron chi connectivity index (χ3n) is 3.09. The molecule has 0 radical (unpaired) electrons. The fourth-order valence-electron chi connectivity index (χ4n) is 2.13. The van der Waals surface area contributed by atoms with Gasteiger partial charge in [0, 0.05) is 17.0 Å². The van der Waals surface area contributed by atoms with Crippen molar-refractivity contribution in [3.8, 4) is 0 Å². The monoisotopic (exact) mass is 240 g/mol. The first-order valence-corrected chi connectivity index (χ1v) is 6.09. The minimum atomic E-state index is -0.0448. The molecule has 0 amide bonds. The highest BCUT2D eigenvalue weighted by Crippen LogP contribution is 2.25. The van der Waals surface area contributed by atoms with Crippen molar-refractivity contribution < 1.29 is 9.59 Å². The van der Waals surface area contributed by atoms with Gasteiger partial charge in [-0.25, -0.2) is 0 Å². The molecule has 2 nitrogen and oxygen atoms in total. The zero-order valence-corrected chi connectivity index (χ0v) is 10.9. The van der Waals surface area contributed by atoms with E-state index in [1.54, 1.807) is 19.1 Å². The lowest BCUT2D eigenvalue weighted by molar-refractivity contribution is 0.0939. The van der Waals surface area contributed by atoms with Gasteiger partial charge in [0.15, 0.2) is 11.6 Å². The summed E-state index contributed by atoms with van der Waals surface area (Å²) >= 11 is 0. The number of Topliss-reactive ketones (excluding diaryl/α,β-unsaturated/α-hetero) is 2. The van der Waals surface area contributed by atoms with Gasteiger partial charge in [-0.2, -0.15) is 0 Å².